The molecule has 2 heteroatoms. The molecule has 1 heterocycles. The van der Waals surface area contributed by atoms with Gasteiger partial charge in [0.1, 0.15) is 0 Å². The molecule has 15 heavy (non-hydrogen) atoms. The van der Waals surface area contributed by atoms with Crippen molar-refractivity contribution >= 4 is 0 Å². The van der Waals surface area contributed by atoms with E-state index in [0.717, 1.165) is 12.6 Å². The summed E-state index contributed by atoms with van der Waals surface area (Å²) in [5.74, 6) is 0. The maximum Gasteiger partial charge on any atom is 0.0195 e. The molecule has 0 amide bonds. The molecule has 1 saturated heterocycles. The lowest BCUT2D eigenvalue weighted by Crippen LogP contribution is -2.48. The highest BCUT2D eigenvalue weighted by Gasteiger charge is 2.22. The maximum absolute atomic E-state index is 3.61. The monoisotopic (exact) mass is 212 g/mol. The SMILES string of the molecule is CCC(C)NCC(C)N1CCCCC1C. The molecular weight excluding hydrogens is 184 g/mol. The highest BCUT2D eigenvalue weighted by Crippen LogP contribution is 2.18. The Labute approximate surface area is 95.4 Å². The molecule has 0 aliphatic carbocycles. The van der Waals surface area contributed by atoms with Crippen molar-refractivity contribution in [2.45, 2.75) is 71.5 Å². The summed E-state index contributed by atoms with van der Waals surface area (Å²) in [6, 6.07) is 2.13. The van der Waals surface area contributed by atoms with Crippen LogP contribution in [0.15, 0.2) is 0 Å². The Bertz CT molecular complexity index is 170. The van der Waals surface area contributed by atoms with Crippen LogP contribution in [0.2, 0.25) is 0 Å². The highest BCUT2D eigenvalue weighted by atomic mass is 15.2. The van der Waals surface area contributed by atoms with E-state index in [2.05, 4.69) is 37.9 Å². The van der Waals surface area contributed by atoms with Gasteiger partial charge in [-0.05, 0) is 46.6 Å². The van der Waals surface area contributed by atoms with Crippen molar-refractivity contribution in [3.63, 3.8) is 0 Å². The lowest BCUT2D eigenvalue weighted by atomic mass is 10.0. The van der Waals surface area contributed by atoms with Gasteiger partial charge in [0.25, 0.3) is 0 Å². The van der Waals surface area contributed by atoms with E-state index in [-0.39, 0.29) is 0 Å². The van der Waals surface area contributed by atoms with Crippen molar-refractivity contribution in [1.82, 2.24) is 10.2 Å². The van der Waals surface area contributed by atoms with Crippen LogP contribution >= 0.6 is 0 Å². The number of nitrogens with one attached hydrogen (secondary N) is 1. The summed E-state index contributed by atoms with van der Waals surface area (Å²) in [6.45, 7) is 11.7. The lowest BCUT2D eigenvalue weighted by molar-refractivity contribution is 0.111. The summed E-state index contributed by atoms with van der Waals surface area (Å²) in [5, 5.41) is 3.61. The number of hydrogen-bond acceptors (Lipinski definition) is 2. The molecule has 1 aliphatic heterocycles. The van der Waals surface area contributed by atoms with Crippen LogP contribution in [-0.2, 0) is 0 Å². The van der Waals surface area contributed by atoms with Crippen molar-refractivity contribution < 1.29 is 0 Å². The van der Waals surface area contributed by atoms with Crippen LogP contribution in [-0.4, -0.2) is 36.1 Å². The van der Waals surface area contributed by atoms with Gasteiger partial charge in [-0.2, -0.15) is 0 Å². The first kappa shape index (κ1) is 13.0. The van der Waals surface area contributed by atoms with Crippen molar-refractivity contribution in [3.8, 4) is 0 Å². The number of rotatable bonds is 5. The van der Waals surface area contributed by atoms with Gasteiger partial charge in [0, 0.05) is 24.7 Å². The van der Waals surface area contributed by atoms with E-state index < -0.39 is 0 Å². The molecule has 90 valence electrons. The third-order valence-electron chi connectivity index (χ3n) is 3.79. The van der Waals surface area contributed by atoms with Crippen LogP contribution in [0.5, 0.6) is 0 Å². The topological polar surface area (TPSA) is 15.3 Å². The Balaban J connectivity index is 2.28. The van der Waals surface area contributed by atoms with Gasteiger partial charge in [-0.15, -0.1) is 0 Å². The van der Waals surface area contributed by atoms with E-state index in [1.165, 1.54) is 32.2 Å². The van der Waals surface area contributed by atoms with Crippen molar-refractivity contribution in [1.29, 1.82) is 0 Å². The van der Waals surface area contributed by atoms with Crippen LogP contribution in [0.1, 0.15) is 53.4 Å². The summed E-state index contributed by atoms with van der Waals surface area (Å²) in [6.07, 6.45) is 5.41. The van der Waals surface area contributed by atoms with Gasteiger partial charge in [-0.3, -0.25) is 4.90 Å². The molecular formula is C13H28N2. The quantitative estimate of drug-likeness (QED) is 0.753. The molecule has 0 saturated carbocycles. The zero-order chi connectivity index (χ0) is 11.3. The maximum atomic E-state index is 3.61. The Morgan fingerprint density at radius 3 is 2.67 bits per heavy atom. The first-order valence-electron chi connectivity index (χ1n) is 6.64. The second kappa shape index (κ2) is 6.49. The van der Waals surface area contributed by atoms with Gasteiger partial charge in [-0.25, -0.2) is 0 Å². The van der Waals surface area contributed by atoms with Gasteiger partial charge in [0.2, 0.25) is 0 Å². The van der Waals surface area contributed by atoms with E-state index >= 15 is 0 Å². The minimum absolute atomic E-state index is 0.660. The van der Waals surface area contributed by atoms with E-state index in [1.54, 1.807) is 0 Å². The van der Waals surface area contributed by atoms with Crippen molar-refractivity contribution in [2.24, 2.45) is 0 Å². The molecule has 0 aromatic carbocycles. The average molecular weight is 212 g/mol. The van der Waals surface area contributed by atoms with Crippen LogP contribution in [0.3, 0.4) is 0 Å². The Hall–Kier alpha value is -0.0800. The lowest BCUT2D eigenvalue weighted by Gasteiger charge is -2.38. The van der Waals surface area contributed by atoms with Gasteiger partial charge in [0.15, 0.2) is 0 Å². The van der Waals surface area contributed by atoms with E-state index in [9.17, 15) is 0 Å². The molecule has 2 nitrogen and oxygen atoms in total. The minimum Gasteiger partial charge on any atom is -0.313 e. The zero-order valence-electron chi connectivity index (χ0n) is 10.9. The van der Waals surface area contributed by atoms with Crippen LogP contribution in [0.4, 0.5) is 0 Å². The predicted molar refractivity (Wildman–Crippen MR) is 67.2 cm³/mol. The molecule has 3 atom stereocenters. The van der Waals surface area contributed by atoms with E-state index in [4.69, 9.17) is 0 Å². The molecule has 1 aliphatic rings. The fourth-order valence-corrected chi connectivity index (χ4v) is 2.41. The largest absolute Gasteiger partial charge is 0.313 e. The minimum atomic E-state index is 0.660. The molecule has 3 unspecified atom stereocenters. The molecule has 0 aromatic heterocycles. The molecule has 0 spiro atoms. The van der Waals surface area contributed by atoms with Crippen LogP contribution in [0.25, 0.3) is 0 Å². The molecule has 1 N–H and O–H groups in total. The number of hydrogen-bond donors (Lipinski definition) is 1. The fraction of sp³-hybridized carbons (Fsp3) is 1.00. The summed E-state index contributed by atoms with van der Waals surface area (Å²) in [5.41, 5.74) is 0. The number of likely N-dealkylation sites (tertiary alicyclic amines) is 1. The van der Waals surface area contributed by atoms with Gasteiger partial charge in [-0.1, -0.05) is 13.3 Å². The Kier molecular flexibility index (Phi) is 5.62. The van der Waals surface area contributed by atoms with Crippen LogP contribution < -0.4 is 5.32 Å². The van der Waals surface area contributed by atoms with Crippen LogP contribution in [0, 0.1) is 0 Å². The van der Waals surface area contributed by atoms with E-state index in [1.807, 2.05) is 0 Å². The second-order valence-corrected chi connectivity index (χ2v) is 5.15. The van der Waals surface area contributed by atoms with Crippen molar-refractivity contribution in [3.05, 3.63) is 0 Å². The van der Waals surface area contributed by atoms with Crippen molar-refractivity contribution in [2.75, 3.05) is 13.1 Å². The number of piperidine rings is 1. The molecule has 0 bridgehead atoms. The normalized spacial score (nSPS) is 27.6. The van der Waals surface area contributed by atoms with Gasteiger partial charge in [0.05, 0.1) is 0 Å². The molecule has 0 radical (unpaired) electrons. The fourth-order valence-electron chi connectivity index (χ4n) is 2.41. The third kappa shape index (κ3) is 4.12. The Morgan fingerprint density at radius 2 is 2.07 bits per heavy atom. The summed E-state index contributed by atoms with van der Waals surface area (Å²) in [4.78, 5) is 2.67. The summed E-state index contributed by atoms with van der Waals surface area (Å²) >= 11 is 0. The predicted octanol–water partition coefficient (Wildman–Crippen LogP) is 2.64. The second-order valence-electron chi connectivity index (χ2n) is 5.15. The Morgan fingerprint density at radius 1 is 1.33 bits per heavy atom. The third-order valence-corrected chi connectivity index (χ3v) is 3.79. The first-order valence-corrected chi connectivity index (χ1v) is 6.64. The van der Waals surface area contributed by atoms with Gasteiger partial charge >= 0.3 is 0 Å². The molecule has 1 fully saturated rings. The smallest absolute Gasteiger partial charge is 0.0195 e. The summed E-state index contributed by atoms with van der Waals surface area (Å²) in [7, 11) is 0. The molecule has 1 rings (SSSR count). The first-order chi connectivity index (χ1) is 7.15. The summed E-state index contributed by atoms with van der Waals surface area (Å²) < 4.78 is 0. The van der Waals surface area contributed by atoms with E-state index in [0.29, 0.717) is 12.1 Å². The highest BCUT2D eigenvalue weighted by molar-refractivity contribution is 4.79. The standard InChI is InChI=1S/C13H28N2/c1-5-11(2)14-10-13(4)15-9-7-6-8-12(15)3/h11-14H,5-10H2,1-4H3. The average Bonchev–Trinajstić information content (AvgIpc) is 2.26. The van der Waals surface area contributed by atoms with Gasteiger partial charge < -0.3 is 5.32 Å². The number of nitrogens with zero attached hydrogens (tertiary/aromatic N) is 1. The zero-order valence-corrected chi connectivity index (χ0v) is 10.9. The molecule has 0 aromatic rings.